The average Bonchev–Trinajstić information content (AvgIpc) is 2.63. The summed E-state index contributed by atoms with van der Waals surface area (Å²) < 4.78 is 14.1. The summed E-state index contributed by atoms with van der Waals surface area (Å²) >= 11 is 5.92. The molecule has 3 aromatic rings. The monoisotopic (exact) mass is 369 g/mol. The van der Waals surface area contributed by atoms with Gasteiger partial charge in [0.25, 0.3) is 5.91 Å². The van der Waals surface area contributed by atoms with Gasteiger partial charge in [-0.1, -0.05) is 17.7 Å². The zero-order valence-electron chi connectivity index (χ0n) is 14.1. The molecule has 0 fully saturated rings. The Labute approximate surface area is 156 Å². The van der Waals surface area contributed by atoms with Gasteiger partial charge in [0, 0.05) is 34.7 Å². The molecule has 0 atom stereocenters. The molecule has 132 valence electrons. The minimum absolute atomic E-state index is 0.353. The Morgan fingerprint density at radius 1 is 1.15 bits per heavy atom. The Kier molecular flexibility index (Phi) is 5.49. The van der Waals surface area contributed by atoms with Crippen LogP contribution in [0.2, 0.25) is 5.02 Å². The van der Waals surface area contributed by atoms with Crippen molar-refractivity contribution in [1.29, 1.82) is 0 Å². The van der Waals surface area contributed by atoms with Crippen LogP contribution in [-0.4, -0.2) is 17.4 Å². The molecule has 0 saturated carbocycles. The van der Waals surface area contributed by atoms with Gasteiger partial charge in [-0.05, 0) is 55.5 Å². The standard InChI is InChI=1S/C20H17ClFN3O/c1-2-25(18-7-4-8-23-13-18)19-11-16(22)10-17(12-19)24-20(26)14-5-3-6-15(21)9-14/h3-13H,2H2,1H3,(H,24,26). The molecule has 0 aliphatic carbocycles. The molecule has 0 aliphatic rings. The van der Waals surface area contributed by atoms with Gasteiger partial charge in [0.1, 0.15) is 5.82 Å². The second kappa shape index (κ2) is 7.97. The third-order valence-electron chi connectivity index (χ3n) is 3.81. The number of pyridine rings is 1. The number of halogens is 2. The third kappa shape index (κ3) is 4.18. The number of benzene rings is 2. The highest BCUT2D eigenvalue weighted by atomic mass is 35.5. The fourth-order valence-corrected chi connectivity index (χ4v) is 2.85. The summed E-state index contributed by atoms with van der Waals surface area (Å²) in [7, 11) is 0. The second-order valence-corrected chi connectivity index (χ2v) is 6.05. The quantitative estimate of drug-likeness (QED) is 0.665. The molecule has 0 radical (unpaired) electrons. The summed E-state index contributed by atoms with van der Waals surface area (Å²) in [5.41, 5.74) is 2.24. The van der Waals surface area contributed by atoms with E-state index in [1.165, 1.54) is 12.1 Å². The van der Waals surface area contributed by atoms with Crippen molar-refractivity contribution in [3.63, 3.8) is 0 Å². The average molecular weight is 370 g/mol. The fourth-order valence-electron chi connectivity index (χ4n) is 2.66. The topological polar surface area (TPSA) is 45.2 Å². The molecule has 4 nitrogen and oxygen atoms in total. The molecule has 1 aromatic heterocycles. The summed E-state index contributed by atoms with van der Waals surface area (Å²) in [6.07, 6.45) is 3.39. The van der Waals surface area contributed by atoms with Gasteiger partial charge in [0.2, 0.25) is 0 Å². The van der Waals surface area contributed by atoms with Crippen LogP contribution in [0.25, 0.3) is 0 Å². The third-order valence-corrected chi connectivity index (χ3v) is 4.05. The van der Waals surface area contributed by atoms with E-state index in [0.717, 1.165) is 5.69 Å². The second-order valence-electron chi connectivity index (χ2n) is 5.62. The van der Waals surface area contributed by atoms with Crippen LogP contribution in [0.3, 0.4) is 0 Å². The zero-order chi connectivity index (χ0) is 18.5. The number of aromatic nitrogens is 1. The van der Waals surface area contributed by atoms with E-state index in [0.29, 0.717) is 28.5 Å². The number of hydrogen-bond donors (Lipinski definition) is 1. The van der Waals surface area contributed by atoms with Crippen LogP contribution in [0.1, 0.15) is 17.3 Å². The Bertz CT molecular complexity index is 918. The van der Waals surface area contributed by atoms with Crippen LogP contribution >= 0.6 is 11.6 Å². The lowest BCUT2D eigenvalue weighted by molar-refractivity contribution is 0.102. The highest BCUT2D eigenvalue weighted by molar-refractivity contribution is 6.31. The van der Waals surface area contributed by atoms with Crippen molar-refractivity contribution in [3.8, 4) is 0 Å². The van der Waals surface area contributed by atoms with Gasteiger partial charge in [-0.3, -0.25) is 9.78 Å². The highest BCUT2D eigenvalue weighted by Gasteiger charge is 2.12. The maximum atomic E-state index is 14.1. The lowest BCUT2D eigenvalue weighted by atomic mass is 10.2. The molecule has 0 aliphatic heterocycles. The van der Waals surface area contributed by atoms with Crippen molar-refractivity contribution in [2.75, 3.05) is 16.8 Å². The van der Waals surface area contributed by atoms with E-state index in [1.807, 2.05) is 24.0 Å². The van der Waals surface area contributed by atoms with Crippen LogP contribution < -0.4 is 10.2 Å². The first-order valence-corrected chi connectivity index (χ1v) is 8.49. The van der Waals surface area contributed by atoms with E-state index in [4.69, 9.17) is 11.6 Å². The van der Waals surface area contributed by atoms with E-state index in [2.05, 4.69) is 10.3 Å². The zero-order valence-corrected chi connectivity index (χ0v) is 14.9. The van der Waals surface area contributed by atoms with Crippen molar-refractivity contribution in [2.24, 2.45) is 0 Å². The Hall–Kier alpha value is -2.92. The van der Waals surface area contributed by atoms with Gasteiger partial charge in [-0.25, -0.2) is 4.39 Å². The molecule has 1 N–H and O–H groups in total. The fraction of sp³-hybridized carbons (Fsp3) is 0.100. The Morgan fingerprint density at radius 2 is 2.00 bits per heavy atom. The number of nitrogens with one attached hydrogen (secondary N) is 1. The number of amides is 1. The van der Waals surface area contributed by atoms with Gasteiger partial charge < -0.3 is 10.2 Å². The maximum Gasteiger partial charge on any atom is 0.255 e. The lowest BCUT2D eigenvalue weighted by Gasteiger charge is -2.23. The molecule has 6 heteroatoms. The van der Waals surface area contributed by atoms with E-state index >= 15 is 0 Å². The van der Waals surface area contributed by atoms with Crippen molar-refractivity contribution in [1.82, 2.24) is 4.98 Å². The number of hydrogen-bond acceptors (Lipinski definition) is 3. The van der Waals surface area contributed by atoms with Gasteiger partial charge in [0.15, 0.2) is 0 Å². The van der Waals surface area contributed by atoms with Crippen molar-refractivity contribution < 1.29 is 9.18 Å². The van der Waals surface area contributed by atoms with Crippen molar-refractivity contribution in [3.05, 3.63) is 83.4 Å². The molecular formula is C20H17ClFN3O. The minimum Gasteiger partial charge on any atom is -0.340 e. The van der Waals surface area contributed by atoms with Crippen LogP contribution in [0.4, 0.5) is 21.5 Å². The van der Waals surface area contributed by atoms with Crippen molar-refractivity contribution >= 4 is 34.6 Å². The predicted octanol–water partition coefficient (Wildman–Crippen LogP) is 5.28. The van der Waals surface area contributed by atoms with Crippen LogP contribution in [0.5, 0.6) is 0 Å². The number of anilines is 3. The molecule has 0 bridgehead atoms. The van der Waals surface area contributed by atoms with Crippen LogP contribution in [0.15, 0.2) is 67.0 Å². The molecule has 3 rings (SSSR count). The molecule has 1 heterocycles. The molecule has 2 aromatic carbocycles. The van der Waals surface area contributed by atoms with Crippen molar-refractivity contribution in [2.45, 2.75) is 6.92 Å². The molecule has 0 saturated heterocycles. The first kappa shape index (κ1) is 17.9. The summed E-state index contributed by atoms with van der Waals surface area (Å²) in [6, 6.07) is 14.7. The van der Waals surface area contributed by atoms with Gasteiger partial charge in [0.05, 0.1) is 11.9 Å². The summed E-state index contributed by atoms with van der Waals surface area (Å²) in [6.45, 7) is 2.58. The normalized spacial score (nSPS) is 10.4. The smallest absolute Gasteiger partial charge is 0.255 e. The van der Waals surface area contributed by atoms with Gasteiger partial charge in [-0.2, -0.15) is 0 Å². The van der Waals surface area contributed by atoms with Crippen LogP contribution in [-0.2, 0) is 0 Å². The Morgan fingerprint density at radius 3 is 2.69 bits per heavy atom. The number of rotatable bonds is 5. The summed E-state index contributed by atoms with van der Waals surface area (Å²) in [4.78, 5) is 18.4. The molecule has 1 amide bonds. The van der Waals surface area contributed by atoms with Gasteiger partial charge in [-0.15, -0.1) is 0 Å². The molecule has 0 unspecified atom stereocenters. The van der Waals surface area contributed by atoms with E-state index in [9.17, 15) is 9.18 Å². The van der Waals surface area contributed by atoms with E-state index in [-0.39, 0.29) is 5.91 Å². The number of carbonyl (C=O) groups excluding carboxylic acids is 1. The SMILES string of the molecule is CCN(c1cccnc1)c1cc(F)cc(NC(=O)c2cccc(Cl)c2)c1. The first-order valence-electron chi connectivity index (χ1n) is 8.12. The van der Waals surface area contributed by atoms with Gasteiger partial charge >= 0.3 is 0 Å². The summed E-state index contributed by atoms with van der Waals surface area (Å²) in [5.74, 6) is -0.792. The summed E-state index contributed by atoms with van der Waals surface area (Å²) in [5, 5.41) is 3.18. The molecule has 26 heavy (non-hydrogen) atoms. The van der Waals surface area contributed by atoms with Crippen LogP contribution in [0, 0.1) is 5.82 Å². The largest absolute Gasteiger partial charge is 0.340 e. The molecular weight excluding hydrogens is 353 g/mol. The predicted molar refractivity (Wildman–Crippen MR) is 103 cm³/mol. The van der Waals surface area contributed by atoms with E-state index < -0.39 is 5.82 Å². The first-order chi connectivity index (χ1) is 12.6. The Balaban J connectivity index is 1.89. The number of nitrogens with zero attached hydrogens (tertiary/aromatic N) is 2. The molecule has 0 spiro atoms. The maximum absolute atomic E-state index is 14.1. The highest BCUT2D eigenvalue weighted by Crippen LogP contribution is 2.28. The van der Waals surface area contributed by atoms with E-state index in [1.54, 1.807) is 42.7 Å². The number of carbonyl (C=O) groups is 1. The lowest BCUT2D eigenvalue weighted by Crippen LogP contribution is -2.17. The minimum atomic E-state index is -0.439.